The Hall–Kier alpha value is -2.96. The van der Waals surface area contributed by atoms with Gasteiger partial charge in [0.05, 0.1) is 6.42 Å². The number of phenolic OH excluding ortho intramolecular Hbond substituents is 1. The SMILES string of the molecule is CC1(NC(=O)c2cc(NC(=O)Cc3cc(F)ccc3O)ccn2)CCC1. The number of anilines is 1. The van der Waals surface area contributed by atoms with Crippen molar-refractivity contribution in [2.45, 2.75) is 38.1 Å². The summed E-state index contributed by atoms with van der Waals surface area (Å²) in [5.74, 6) is -1.40. The number of rotatable bonds is 5. The number of carbonyl (C=O) groups is 2. The van der Waals surface area contributed by atoms with Crippen LogP contribution in [0.5, 0.6) is 5.75 Å². The number of aromatic nitrogens is 1. The molecule has 0 radical (unpaired) electrons. The molecule has 0 saturated heterocycles. The minimum Gasteiger partial charge on any atom is -0.508 e. The van der Waals surface area contributed by atoms with Crippen LogP contribution in [0.2, 0.25) is 0 Å². The Kier molecular flexibility index (Phi) is 4.88. The maximum absolute atomic E-state index is 13.2. The van der Waals surface area contributed by atoms with Gasteiger partial charge < -0.3 is 15.7 Å². The fourth-order valence-electron chi connectivity index (χ4n) is 2.88. The number of benzene rings is 1. The van der Waals surface area contributed by atoms with Crippen LogP contribution in [0.3, 0.4) is 0 Å². The van der Waals surface area contributed by atoms with Crippen molar-refractivity contribution in [1.82, 2.24) is 10.3 Å². The molecule has 2 aromatic rings. The summed E-state index contributed by atoms with van der Waals surface area (Å²) in [5, 5.41) is 15.3. The summed E-state index contributed by atoms with van der Waals surface area (Å²) in [5.41, 5.74) is 0.620. The van der Waals surface area contributed by atoms with E-state index in [4.69, 9.17) is 0 Å². The van der Waals surface area contributed by atoms with Gasteiger partial charge in [-0.25, -0.2) is 4.39 Å². The molecule has 26 heavy (non-hydrogen) atoms. The molecule has 3 N–H and O–H groups in total. The maximum Gasteiger partial charge on any atom is 0.270 e. The molecule has 1 heterocycles. The Morgan fingerprint density at radius 1 is 1.27 bits per heavy atom. The third kappa shape index (κ3) is 4.17. The largest absolute Gasteiger partial charge is 0.508 e. The van der Waals surface area contributed by atoms with E-state index in [0.29, 0.717) is 5.69 Å². The summed E-state index contributed by atoms with van der Waals surface area (Å²) in [4.78, 5) is 28.5. The molecule has 0 aliphatic heterocycles. The lowest BCUT2D eigenvalue weighted by Crippen LogP contribution is -2.51. The molecule has 3 rings (SSSR count). The van der Waals surface area contributed by atoms with E-state index in [-0.39, 0.29) is 34.9 Å². The molecule has 1 aromatic heterocycles. The number of pyridine rings is 1. The van der Waals surface area contributed by atoms with Crippen LogP contribution in [-0.2, 0) is 11.2 Å². The maximum atomic E-state index is 13.2. The number of nitrogens with zero attached hydrogens (tertiary/aromatic N) is 1. The topological polar surface area (TPSA) is 91.3 Å². The fraction of sp³-hybridized carbons (Fsp3) is 0.316. The normalized spacial score (nSPS) is 15.0. The number of nitrogens with one attached hydrogen (secondary N) is 2. The number of hydrogen-bond acceptors (Lipinski definition) is 4. The van der Waals surface area contributed by atoms with E-state index in [1.165, 1.54) is 18.3 Å². The first-order chi connectivity index (χ1) is 12.3. The van der Waals surface area contributed by atoms with E-state index < -0.39 is 11.7 Å². The van der Waals surface area contributed by atoms with Gasteiger partial charge >= 0.3 is 0 Å². The number of hydrogen-bond donors (Lipinski definition) is 3. The highest BCUT2D eigenvalue weighted by Crippen LogP contribution is 2.31. The quantitative estimate of drug-likeness (QED) is 0.767. The monoisotopic (exact) mass is 357 g/mol. The first-order valence-electron chi connectivity index (χ1n) is 8.40. The molecule has 1 aliphatic carbocycles. The molecule has 136 valence electrons. The lowest BCUT2D eigenvalue weighted by atomic mass is 9.78. The molecule has 7 heteroatoms. The van der Waals surface area contributed by atoms with Crippen molar-refractivity contribution >= 4 is 17.5 Å². The molecular weight excluding hydrogens is 337 g/mol. The molecule has 1 aromatic carbocycles. The summed E-state index contributed by atoms with van der Waals surface area (Å²) >= 11 is 0. The molecule has 1 saturated carbocycles. The van der Waals surface area contributed by atoms with Crippen LogP contribution in [0.4, 0.5) is 10.1 Å². The molecule has 1 aliphatic rings. The van der Waals surface area contributed by atoms with Gasteiger partial charge in [-0.05, 0) is 56.5 Å². The van der Waals surface area contributed by atoms with Crippen molar-refractivity contribution in [3.8, 4) is 5.75 Å². The second-order valence-electron chi connectivity index (χ2n) is 6.80. The number of aromatic hydroxyl groups is 1. The van der Waals surface area contributed by atoms with Crippen LogP contribution in [0.15, 0.2) is 36.5 Å². The zero-order chi connectivity index (χ0) is 18.7. The van der Waals surface area contributed by atoms with Gasteiger partial charge in [0.15, 0.2) is 0 Å². The molecule has 1 fully saturated rings. The first-order valence-corrected chi connectivity index (χ1v) is 8.40. The van der Waals surface area contributed by atoms with Gasteiger partial charge in [-0.2, -0.15) is 0 Å². The van der Waals surface area contributed by atoms with E-state index >= 15 is 0 Å². The van der Waals surface area contributed by atoms with E-state index in [0.717, 1.165) is 31.4 Å². The average Bonchev–Trinajstić information content (AvgIpc) is 2.57. The van der Waals surface area contributed by atoms with Crippen molar-refractivity contribution in [3.63, 3.8) is 0 Å². The van der Waals surface area contributed by atoms with E-state index in [1.807, 2.05) is 6.92 Å². The van der Waals surface area contributed by atoms with Crippen molar-refractivity contribution in [3.05, 3.63) is 53.6 Å². The summed E-state index contributed by atoms with van der Waals surface area (Å²) in [7, 11) is 0. The molecule has 0 atom stereocenters. The highest BCUT2D eigenvalue weighted by Gasteiger charge is 2.33. The van der Waals surface area contributed by atoms with Crippen LogP contribution >= 0.6 is 0 Å². The van der Waals surface area contributed by atoms with Crippen molar-refractivity contribution in [1.29, 1.82) is 0 Å². The second kappa shape index (κ2) is 7.11. The predicted molar refractivity (Wildman–Crippen MR) is 94.4 cm³/mol. The predicted octanol–water partition coefficient (Wildman–Crippen LogP) is 2.78. The van der Waals surface area contributed by atoms with Crippen LogP contribution in [0, 0.1) is 5.82 Å². The molecular formula is C19H20FN3O3. The average molecular weight is 357 g/mol. The lowest BCUT2D eigenvalue weighted by molar-refractivity contribution is -0.115. The van der Waals surface area contributed by atoms with Gasteiger partial charge in [0, 0.05) is 23.0 Å². The van der Waals surface area contributed by atoms with Gasteiger partial charge in [0.1, 0.15) is 17.3 Å². The van der Waals surface area contributed by atoms with E-state index in [1.54, 1.807) is 6.07 Å². The molecule has 6 nitrogen and oxygen atoms in total. The fourth-order valence-corrected chi connectivity index (χ4v) is 2.88. The number of carbonyl (C=O) groups excluding carboxylic acids is 2. The minimum atomic E-state index is -0.530. The van der Waals surface area contributed by atoms with Crippen LogP contribution in [-0.4, -0.2) is 27.4 Å². The summed E-state index contributed by atoms with van der Waals surface area (Å²) in [6, 6.07) is 6.48. The van der Waals surface area contributed by atoms with E-state index in [9.17, 15) is 19.1 Å². The van der Waals surface area contributed by atoms with Gasteiger partial charge in [-0.15, -0.1) is 0 Å². The van der Waals surface area contributed by atoms with Gasteiger partial charge in [-0.1, -0.05) is 0 Å². The Balaban J connectivity index is 1.65. The number of phenols is 1. The number of amides is 2. The Morgan fingerprint density at radius 2 is 2.04 bits per heavy atom. The first kappa shape index (κ1) is 17.8. The van der Waals surface area contributed by atoms with Gasteiger partial charge in [-0.3, -0.25) is 14.6 Å². The zero-order valence-electron chi connectivity index (χ0n) is 14.4. The summed E-state index contributed by atoms with van der Waals surface area (Å²) in [6.45, 7) is 1.99. The highest BCUT2D eigenvalue weighted by molar-refractivity contribution is 5.96. The van der Waals surface area contributed by atoms with Crippen LogP contribution < -0.4 is 10.6 Å². The zero-order valence-corrected chi connectivity index (χ0v) is 14.4. The molecule has 0 spiro atoms. The Labute approximate surface area is 150 Å². The minimum absolute atomic E-state index is 0.148. The second-order valence-corrected chi connectivity index (χ2v) is 6.80. The third-order valence-electron chi connectivity index (χ3n) is 4.54. The van der Waals surface area contributed by atoms with Crippen molar-refractivity contribution in [2.75, 3.05) is 5.32 Å². The van der Waals surface area contributed by atoms with Crippen LogP contribution in [0.25, 0.3) is 0 Å². The van der Waals surface area contributed by atoms with Gasteiger partial charge in [0.25, 0.3) is 5.91 Å². The van der Waals surface area contributed by atoms with Crippen molar-refractivity contribution < 1.29 is 19.1 Å². The van der Waals surface area contributed by atoms with Gasteiger partial charge in [0.2, 0.25) is 5.91 Å². The third-order valence-corrected chi connectivity index (χ3v) is 4.54. The van der Waals surface area contributed by atoms with Crippen molar-refractivity contribution in [2.24, 2.45) is 0 Å². The molecule has 2 amide bonds. The summed E-state index contributed by atoms with van der Waals surface area (Å²) in [6.07, 6.45) is 4.21. The highest BCUT2D eigenvalue weighted by atomic mass is 19.1. The standard InChI is InChI=1S/C19H20FN3O3/c1-19(6-2-7-19)23-18(26)15-11-14(5-8-21-15)22-17(25)10-12-9-13(20)3-4-16(12)24/h3-5,8-9,11,24H,2,6-7,10H2,1H3,(H,23,26)(H,21,22,25). The van der Waals surface area contributed by atoms with Crippen LogP contribution in [0.1, 0.15) is 42.2 Å². The Morgan fingerprint density at radius 3 is 2.73 bits per heavy atom. The Bertz CT molecular complexity index is 850. The smallest absolute Gasteiger partial charge is 0.270 e. The molecule has 0 unspecified atom stereocenters. The lowest BCUT2D eigenvalue weighted by Gasteiger charge is -2.39. The number of halogens is 1. The summed E-state index contributed by atoms with van der Waals surface area (Å²) < 4.78 is 13.2. The molecule has 0 bridgehead atoms. The van der Waals surface area contributed by atoms with E-state index in [2.05, 4.69) is 15.6 Å².